The number of hydrogen-bond donors (Lipinski definition) is 1. The van der Waals surface area contributed by atoms with E-state index in [4.69, 9.17) is 5.73 Å². The van der Waals surface area contributed by atoms with E-state index < -0.39 is 0 Å². The van der Waals surface area contributed by atoms with Gasteiger partial charge in [-0.2, -0.15) is 0 Å². The summed E-state index contributed by atoms with van der Waals surface area (Å²) in [5.41, 5.74) is 7.01. The molecule has 2 heteroatoms. The molecule has 3 radical (unpaired) electrons. The summed E-state index contributed by atoms with van der Waals surface area (Å²) in [4.78, 5) is 0. The van der Waals surface area contributed by atoms with Gasteiger partial charge in [-0.05, 0) is 0 Å². The number of benzene rings is 1. The summed E-state index contributed by atoms with van der Waals surface area (Å²) in [6, 6.07) is 8.48. The molecule has 0 aliphatic carbocycles. The third kappa shape index (κ3) is 1.73. The van der Waals surface area contributed by atoms with Crippen LogP contribution in [0.2, 0.25) is 0 Å². The summed E-state index contributed by atoms with van der Waals surface area (Å²) >= 11 is 1.44. The standard InChI is InChI=1S/C8H10N.Sn/c1-7(9)8-5-3-2-4-6-8;/h2-5,7H,9H2,1H3;. The first-order valence-corrected chi connectivity index (χ1v) is 4.70. The third-order valence-corrected chi connectivity index (χ3v) is 2.75. The molecule has 0 aromatic heterocycles. The van der Waals surface area contributed by atoms with Gasteiger partial charge in [0.2, 0.25) is 0 Å². The first-order valence-electron chi connectivity index (χ1n) is 3.28. The van der Waals surface area contributed by atoms with Gasteiger partial charge in [0.1, 0.15) is 0 Å². The zero-order chi connectivity index (χ0) is 7.56. The van der Waals surface area contributed by atoms with E-state index in [1.165, 1.54) is 31.7 Å². The Kier molecular flexibility index (Phi) is 2.74. The van der Waals surface area contributed by atoms with Gasteiger partial charge in [0, 0.05) is 0 Å². The fraction of sp³-hybridized carbons (Fsp3) is 0.250. The van der Waals surface area contributed by atoms with Gasteiger partial charge < -0.3 is 0 Å². The summed E-state index contributed by atoms with van der Waals surface area (Å²) in [7, 11) is 0. The molecule has 1 unspecified atom stereocenters. The molecule has 51 valence electrons. The Morgan fingerprint density at radius 2 is 2.00 bits per heavy atom. The van der Waals surface area contributed by atoms with E-state index >= 15 is 0 Å². The normalized spacial score (nSPS) is 13.1. The molecule has 0 amide bonds. The summed E-state index contributed by atoms with van der Waals surface area (Å²) in [5, 5.41) is 0. The van der Waals surface area contributed by atoms with Crippen molar-refractivity contribution in [2.24, 2.45) is 5.73 Å². The first-order chi connectivity index (χ1) is 4.72. The van der Waals surface area contributed by atoms with Crippen molar-refractivity contribution < 1.29 is 0 Å². The summed E-state index contributed by atoms with van der Waals surface area (Å²) < 4.78 is 1.37. The molecule has 0 fully saturated rings. The molecule has 0 heterocycles. The second-order valence-corrected chi connectivity index (χ2v) is 3.91. The predicted molar refractivity (Wildman–Crippen MR) is 44.4 cm³/mol. The van der Waals surface area contributed by atoms with Crippen molar-refractivity contribution in [3.8, 4) is 0 Å². The van der Waals surface area contributed by atoms with Crippen LogP contribution < -0.4 is 9.31 Å². The van der Waals surface area contributed by atoms with Gasteiger partial charge in [-0.25, -0.2) is 0 Å². The van der Waals surface area contributed by atoms with Gasteiger partial charge in [-0.1, -0.05) is 0 Å². The number of hydrogen-bond acceptors (Lipinski definition) is 1. The summed E-state index contributed by atoms with van der Waals surface area (Å²) in [6.07, 6.45) is 0. The molecule has 0 saturated heterocycles. The number of rotatable bonds is 1. The van der Waals surface area contributed by atoms with E-state index in [-0.39, 0.29) is 6.04 Å². The average molecular weight is 239 g/mol. The van der Waals surface area contributed by atoms with E-state index in [0.29, 0.717) is 0 Å². The first kappa shape index (κ1) is 8.08. The molecule has 1 aromatic rings. The van der Waals surface area contributed by atoms with Crippen LogP contribution in [0.3, 0.4) is 0 Å². The van der Waals surface area contributed by atoms with Crippen molar-refractivity contribution in [1.29, 1.82) is 0 Å². The monoisotopic (exact) mass is 240 g/mol. The van der Waals surface area contributed by atoms with E-state index in [9.17, 15) is 0 Å². The Labute approximate surface area is 74.7 Å². The van der Waals surface area contributed by atoms with E-state index in [2.05, 4.69) is 18.2 Å². The molecule has 1 nitrogen and oxygen atoms in total. The average Bonchev–Trinajstić information content (AvgIpc) is 1.88. The van der Waals surface area contributed by atoms with E-state index in [1.807, 2.05) is 13.0 Å². The topological polar surface area (TPSA) is 26.0 Å². The minimum absolute atomic E-state index is 0.176. The quantitative estimate of drug-likeness (QED) is 0.709. The Morgan fingerprint density at radius 3 is 2.40 bits per heavy atom. The van der Waals surface area contributed by atoms with E-state index in [0.717, 1.165) is 0 Å². The molecule has 2 N–H and O–H groups in total. The second-order valence-electron chi connectivity index (χ2n) is 2.38. The van der Waals surface area contributed by atoms with E-state index in [1.54, 1.807) is 0 Å². The van der Waals surface area contributed by atoms with Crippen molar-refractivity contribution >= 4 is 26.1 Å². The predicted octanol–water partition coefficient (Wildman–Crippen LogP) is 0.500. The third-order valence-electron chi connectivity index (χ3n) is 1.45. The second kappa shape index (κ2) is 3.39. The van der Waals surface area contributed by atoms with Crippen LogP contribution in [0.4, 0.5) is 0 Å². The van der Waals surface area contributed by atoms with Crippen LogP contribution in [0.15, 0.2) is 24.3 Å². The van der Waals surface area contributed by atoms with Crippen LogP contribution in [0.25, 0.3) is 0 Å². The fourth-order valence-corrected chi connectivity index (χ4v) is 2.06. The molecular formula is C8H10NSn. The molecule has 1 rings (SSSR count). The van der Waals surface area contributed by atoms with Gasteiger partial charge in [0.25, 0.3) is 0 Å². The zero-order valence-electron chi connectivity index (χ0n) is 5.96. The van der Waals surface area contributed by atoms with Crippen LogP contribution in [0.1, 0.15) is 18.5 Å². The molecule has 0 bridgehead atoms. The van der Waals surface area contributed by atoms with Crippen LogP contribution in [0, 0.1) is 0 Å². The van der Waals surface area contributed by atoms with Gasteiger partial charge in [-0.3, -0.25) is 0 Å². The Hall–Kier alpha value is -0.0213. The summed E-state index contributed by atoms with van der Waals surface area (Å²) in [6.45, 7) is 2.02. The fourth-order valence-electron chi connectivity index (χ4n) is 0.894. The molecule has 0 spiro atoms. The van der Waals surface area contributed by atoms with Crippen molar-refractivity contribution in [2.45, 2.75) is 13.0 Å². The Balaban J connectivity index is 3.03. The maximum absolute atomic E-state index is 5.73. The van der Waals surface area contributed by atoms with Gasteiger partial charge in [0.05, 0.1) is 0 Å². The zero-order valence-corrected chi connectivity index (χ0v) is 8.82. The molecule has 1 atom stereocenters. The maximum atomic E-state index is 5.73. The Bertz CT molecular complexity index is 220. The molecule has 10 heavy (non-hydrogen) atoms. The van der Waals surface area contributed by atoms with Crippen LogP contribution in [0.5, 0.6) is 0 Å². The van der Waals surface area contributed by atoms with Crippen LogP contribution >= 0.6 is 0 Å². The SMILES string of the molecule is CC(N)c1cccc[c]1[Sn]. The summed E-state index contributed by atoms with van der Waals surface area (Å²) in [5.74, 6) is 0. The number of nitrogens with two attached hydrogens (primary N) is 1. The van der Waals surface area contributed by atoms with Gasteiger partial charge in [-0.15, -0.1) is 0 Å². The van der Waals surface area contributed by atoms with Gasteiger partial charge >= 0.3 is 74.6 Å². The van der Waals surface area contributed by atoms with Crippen molar-refractivity contribution in [3.63, 3.8) is 0 Å². The van der Waals surface area contributed by atoms with Crippen molar-refractivity contribution in [3.05, 3.63) is 29.8 Å². The molecular weight excluding hydrogens is 229 g/mol. The molecule has 1 aromatic carbocycles. The van der Waals surface area contributed by atoms with Crippen LogP contribution in [-0.2, 0) is 0 Å². The minimum atomic E-state index is 0.176. The van der Waals surface area contributed by atoms with Crippen molar-refractivity contribution in [1.82, 2.24) is 0 Å². The molecule has 0 saturated carbocycles. The molecule has 0 aliphatic rings. The van der Waals surface area contributed by atoms with Crippen LogP contribution in [-0.4, -0.2) is 22.5 Å². The molecule has 0 aliphatic heterocycles. The van der Waals surface area contributed by atoms with Crippen molar-refractivity contribution in [2.75, 3.05) is 0 Å². The Morgan fingerprint density at radius 1 is 1.40 bits per heavy atom. The van der Waals surface area contributed by atoms with Gasteiger partial charge in [0.15, 0.2) is 0 Å².